The summed E-state index contributed by atoms with van der Waals surface area (Å²) in [4.78, 5) is 4.31. The number of pyridine rings is 1. The summed E-state index contributed by atoms with van der Waals surface area (Å²) in [6.07, 6.45) is 5.39. The number of nitrogens with two attached hydrogens (primary N) is 1. The van der Waals surface area contributed by atoms with Gasteiger partial charge in [-0.1, -0.05) is 0 Å². The Morgan fingerprint density at radius 2 is 2.14 bits per heavy atom. The predicted molar refractivity (Wildman–Crippen MR) is 86.3 cm³/mol. The molecule has 4 nitrogen and oxygen atoms in total. The molecule has 0 spiro atoms. The molecule has 108 valence electrons. The minimum atomic E-state index is 0.312. The molecule has 4 heteroatoms. The number of hydrogen-bond donors (Lipinski definition) is 2. The van der Waals surface area contributed by atoms with Gasteiger partial charge in [0, 0.05) is 24.0 Å². The number of benzene rings is 1. The van der Waals surface area contributed by atoms with Gasteiger partial charge in [-0.2, -0.15) is 0 Å². The van der Waals surface area contributed by atoms with Crippen molar-refractivity contribution < 1.29 is 4.42 Å². The molecule has 0 bridgehead atoms. The average Bonchev–Trinajstić information content (AvgIpc) is 3.02. The van der Waals surface area contributed by atoms with Crippen LogP contribution in [0.5, 0.6) is 0 Å². The van der Waals surface area contributed by atoms with E-state index in [4.69, 9.17) is 10.2 Å². The van der Waals surface area contributed by atoms with Crippen molar-refractivity contribution in [2.75, 3.05) is 11.1 Å². The zero-order chi connectivity index (χ0) is 14.7. The number of anilines is 2. The molecule has 2 heterocycles. The lowest BCUT2D eigenvalue weighted by Crippen LogP contribution is -2.17. The van der Waals surface area contributed by atoms with Gasteiger partial charge in [0.25, 0.3) is 0 Å². The zero-order valence-electron chi connectivity index (χ0n) is 12.0. The molecule has 3 N–H and O–H groups in total. The van der Waals surface area contributed by atoms with E-state index in [9.17, 15) is 0 Å². The molecule has 0 aliphatic carbocycles. The maximum atomic E-state index is 6.24. The molecule has 0 radical (unpaired) electrons. The second kappa shape index (κ2) is 5.87. The van der Waals surface area contributed by atoms with E-state index in [-0.39, 0.29) is 0 Å². The Balaban J connectivity index is 1.70. The van der Waals surface area contributed by atoms with E-state index in [1.165, 1.54) is 0 Å². The molecule has 0 fully saturated rings. The first-order chi connectivity index (χ1) is 10.2. The Hall–Kier alpha value is -2.49. The van der Waals surface area contributed by atoms with Gasteiger partial charge < -0.3 is 15.5 Å². The van der Waals surface area contributed by atoms with Gasteiger partial charge in [0.15, 0.2) is 0 Å². The monoisotopic (exact) mass is 281 g/mol. The summed E-state index contributed by atoms with van der Waals surface area (Å²) >= 11 is 0. The Kier molecular flexibility index (Phi) is 3.77. The van der Waals surface area contributed by atoms with E-state index < -0.39 is 0 Å². The number of aryl methyl sites for hydroxylation is 1. The van der Waals surface area contributed by atoms with Gasteiger partial charge in [0.2, 0.25) is 0 Å². The molecule has 0 aliphatic rings. The largest absolute Gasteiger partial charge is 0.469 e. The van der Waals surface area contributed by atoms with Crippen molar-refractivity contribution in [2.45, 2.75) is 25.8 Å². The fourth-order valence-corrected chi connectivity index (χ4v) is 2.45. The van der Waals surface area contributed by atoms with E-state index in [2.05, 4.69) is 17.2 Å². The van der Waals surface area contributed by atoms with Crippen LogP contribution in [-0.2, 0) is 6.42 Å². The molecule has 0 aliphatic heterocycles. The molecule has 1 aromatic carbocycles. The van der Waals surface area contributed by atoms with Crippen molar-refractivity contribution in [3.63, 3.8) is 0 Å². The topological polar surface area (TPSA) is 64.1 Å². The van der Waals surface area contributed by atoms with Crippen LogP contribution in [0.3, 0.4) is 0 Å². The van der Waals surface area contributed by atoms with Gasteiger partial charge in [-0.05, 0) is 49.7 Å². The molecule has 1 unspecified atom stereocenters. The summed E-state index contributed by atoms with van der Waals surface area (Å²) in [7, 11) is 0. The van der Waals surface area contributed by atoms with Crippen LogP contribution in [0.15, 0.2) is 53.3 Å². The Morgan fingerprint density at radius 3 is 2.95 bits per heavy atom. The number of nitrogens with zero attached hydrogens (tertiary/aromatic N) is 1. The quantitative estimate of drug-likeness (QED) is 0.697. The van der Waals surface area contributed by atoms with Gasteiger partial charge in [-0.3, -0.25) is 4.98 Å². The number of nitrogens with one attached hydrogen (secondary N) is 1. The Bertz CT molecular complexity index is 722. The van der Waals surface area contributed by atoms with Crippen LogP contribution < -0.4 is 11.1 Å². The van der Waals surface area contributed by atoms with E-state index in [0.29, 0.717) is 6.04 Å². The summed E-state index contributed by atoms with van der Waals surface area (Å²) in [6.45, 7) is 2.15. The molecular formula is C17H19N3O. The molecular weight excluding hydrogens is 262 g/mol. The van der Waals surface area contributed by atoms with Crippen LogP contribution >= 0.6 is 0 Å². The summed E-state index contributed by atoms with van der Waals surface area (Å²) in [5.41, 5.74) is 8.87. The number of furan rings is 1. The molecule has 2 aromatic heterocycles. The smallest absolute Gasteiger partial charge is 0.103 e. The Labute approximate surface area is 124 Å². The SMILES string of the molecule is CC(CCc1ccco1)Nc1ccc2ncccc2c1N. The number of rotatable bonds is 5. The highest BCUT2D eigenvalue weighted by Gasteiger charge is 2.09. The zero-order valence-corrected chi connectivity index (χ0v) is 12.0. The van der Waals surface area contributed by atoms with Crippen molar-refractivity contribution in [3.05, 3.63) is 54.6 Å². The minimum absolute atomic E-state index is 0.312. The third-order valence-corrected chi connectivity index (χ3v) is 3.63. The number of aromatic nitrogens is 1. The summed E-state index contributed by atoms with van der Waals surface area (Å²) in [6, 6.07) is 12.1. The maximum Gasteiger partial charge on any atom is 0.103 e. The summed E-state index contributed by atoms with van der Waals surface area (Å²) in [5, 5.41) is 4.46. The van der Waals surface area contributed by atoms with Crippen LogP contribution in [0.25, 0.3) is 10.9 Å². The van der Waals surface area contributed by atoms with E-state index >= 15 is 0 Å². The van der Waals surface area contributed by atoms with E-state index in [1.807, 2.05) is 36.4 Å². The van der Waals surface area contributed by atoms with Gasteiger partial charge in [0.05, 0.1) is 23.2 Å². The highest BCUT2D eigenvalue weighted by atomic mass is 16.3. The predicted octanol–water partition coefficient (Wildman–Crippen LogP) is 3.84. The fourth-order valence-electron chi connectivity index (χ4n) is 2.45. The highest BCUT2D eigenvalue weighted by molar-refractivity contribution is 5.96. The number of nitrogen functional groups attached to an aromatic ring is 1. The maximum absolute atomic E-state index is 6.24. The first-order valence-corrected chi connectivity index (χ1v) is 7.16. The lowest BCUT2D eigenvalue weighted by molar-refractivity contribution is 0.495. The van der Waals surface area contributed by atoms with Crippen molar-refractivity contribution in [2.24, 2.45) is 0 Å². The van der Waals surface area contributed by atoms with E-state index in [1.54, 1.807) is 12.5 Å². The van der Waals surface area contributed by atoms with Crippen molar-refractivity contribution in [1.29, 1.82) is 0 Å². The van der Waals surface area contributed by atoms with Gasteiger partial charge in [-0.15, -0.1) is 0 Å². The molecule has 21 heavy (non-hydrogen) atoms. The lowest BCUT2D eigenvalue weighted by Gasteiger charge is -2.17. The van der Waals surface area contributed by atoms with Crippen LogP contribution in [0.1, 0.15) is 19.1 Å². The van der Waals surface area contributed by atoms with Gasteiger partial charge in [-0.25, -0.2) is 0 Å². The first-order valence-electron chi connectivity index (χ1n) is 7.16. The highest BCUT2D eigenvalue weighted by Crippen LogP contribution is 2.28. The number of hydrogen-bond acceptors (Lipinski definition) is 4. The molecule has 0 saturated heterocycles. The third-order valence-electron chi connectivity index (χ3n) is 3.63. The second-order valence-electron chi connectivity index (χ2n) is 5.26. The first kappa shape index (κ1) is 13.5. The minimum Gasteiger partial charge on any atom is -0.469 e. The number of fused-ring (bicyclic) bond motifs is 1. The normalized spacial score (nSPS) is 12.4. The summed E-state index contributed by atoms with van der Waals surface area (Å²) < 4.78 is 5.35. The standard InChI is InChI=1S/C17H19N3O/c1-12(6-7-13-4-3-11-21-13)20-16-9-8-15-14(17(16)18)5-2-10-19-15/h2-5,8-12,20H,6-7,18H2,1H3. The van der Waals surface area contributed by atoms with Gasteiger partial charge >= 0.3 is 0 Å². The lowest BCUT2D eigenvalue weighted by atomic mass is 10.1. The fraction of sp³-hybridized carbons (Fsp3) is 0.235. The van der Waals surface area contributed by atoms with E-state index in [0.717, 1.165) is 40.9 Å². The Morgan fingerprint density at radius 1 is 1.24 bits per heavy atom. The van der Waals surface area contributed by atoms with Crippen LogP contribution in [0.4, 0.5) is 11.4 Å². The van der Waals surface area contributed by atoms with Crippen molar-refractivity contribution >= 4 is 22.3 Å². The van der Waals surface area contributed by atoms with Crippen LogP contribution in [0.2, 0.25) is 0 Å². The second-order valence-corrected chi connectivity index (χ2v) is 5.26. The van der Waals surface area contributed by atoms with Gasteiger partial charge in [0.1, 0.15) is 5.76 Å². The molecule has 3 aromatic rings. The van der Waals surface area contributed by atoms with Crippen LogP contribution in [-0.4, -0.2) is 11.0 Å². The molecule has 0 amide bonds. The molecule has 0 saturated carbocycles. The molecule has 3 rings (SSSR count). The van der Waals surface area contributed by atoms with Crippen molar-refractivity contribution in [1.82, 2.24) is 4.98 Å². The van der Waals surface area contributed by atoms with Crippen LogP contribution in [0, 0.1) is 0 Å². The average molecular weight is 281 g/mol. The molecule has 1 atom stereocenters. The summed E-state index contributed by atoms with van der Waals surface area (Å²) in [5.74, 6) is 1.01. The van der Waals surface area contributed by atoms with Crippen molar-refractivity contribution in [3.8, 4) is 0 Å². The third kappa shape index (κ3) is 2.99.